The number of rotatable bonds is 5. The molecule has 0 aliphatic heterocycles. The smallest absolute Gasteiger partial charge is 0.189 e. The van der Waals surface area contributed by atoms with Crippen LogP contribution in [0.4, 0.5) is 0 Å². The molecule has 2 heteroatoms. The van der Waals surface area contributed by atoms with Crippen LogP contribution in [-0.4, -0.2) is 12.9 Å². The number of ketones is 1. The molecule has 0 heterocycles. The number of carbonyl (C=O) groups excluding carboxylic acids is 1. The summed E-state index contributed by atoms with van der Waals surface area (Å²) in [4.78, 5) is 12.2. The van der Waals surface area contributed by atoms with Crippen molar-refractivity contribution in [1.29, 1.82) is 0 Å². The summed E-state index contributed by atoms with van der Waals surface area (Å²) in [6, 6.07) is 15.4. The highest BCUT2D eigenvalue weighted by atomic mass is 16.5. The van der Waals surface area contributed by atoms with E-state index in [-0.39, 0.29) is 5.78 Å². The largest absolute Gasteiger partial charge is 0.496 e. The summed E-state index contributed by atoms with van der Waals surface area (Å²) in [7, 11) is 1.57. The van der Waals surface area contributed by atoms with E-state index in [4.69, 9.17) is 4.74 Å². The molecule has 0 unspecified atom stereocenters. The van der Waals surface area contributed by atoms with Crippen molar-refractivity contribution < 1.29 is 9.53 Å². The van der Waals surface area contributed by atoms with Crippen LogP contribution in [0.15, 0.2) is 54.6 Å². The van der Waals surface area contributed by atoms with Gasteiger partial charge < -0.3 is 4.74 Å². The zero-order valence-corrected chi connectivity index (χ0v) is 11.8. The molecule has 2 aromatic rings. The summed E-state index contributed by atoms with van der Waals surface area (Å²) in [6.07, 6.45) is 4.43. The van der Waals surface area contributed by atoms with E-state index in [9.17, 15) is 4.79 Å². The molecule has 0 bridgehead atoms. The fourth-order valence-electron chi connectivity index (χ4n) is 1.97. The molecule has 0 atom stereocenters. The molecule has 0 spiro atoms. The van der Waals surface area contributed by atoms with Crippen molar-refractivity contribution in [2.24, 2.45) is 0 Å². The van der Waals surface area contributed by atoms with Crippen LogP contribution in [0.1, 0.15) is 28.4 Å². The van der Waals surface area contributed by atoms with Crippen molar-refractivity contribution in [3.05, 3.63) is 71.3 Å². The quantitative estimate of drug-likeness (QED) is 0.600. The summed E-state index contributed by atoms with van der Waals surface area (Å²) >= 11 is 0. The van der Waals surface area contributed by atoms with Gasteiger partial charge in [0.15, 0.2) is 5.78 Å². The molecular weight excluding hydrogens is 248 g/mol. The Morgan fingerprint density at radius 1 is 1.10 bits per heavy atom. The topological polar surface area (TPSA) is 26.3 Å². The van der Waals surface area contributed by atoms with Gasteiger partial charge in [0.25, 0.3) is 0 Å². The first-order valence-corrected chi connectivity index (χ1v) is 6.69. The number of hydrogen-bond donors (Lipinski definition) is 0. The monoisotopic (exact) mass is 266 g/mol. The minimum atomic E-state index is -0.0537. The molecule has 2 nitrogen and oxygen atoms in total. The summed E-state index contributed by atoms with van der Waals surface area (Å²) in [5, 5.41) is 0. The van der Waals surface area contributed by atoms with Crippen LogP contribution in [0.2, 0.25) is 0 Å². The van der Waals surface area contributed by atoms with Crippen LogP contribution in [0.25, 0.3) is 6.08 Å². The third kappa shape index (κ3) is 3.35. The van der Waals surface area contributed by atoms with Crippen LogP contribution in [-0.2, 0) is 6.42 Å². The van der Waals surface area contributed by atoms with Crippen molar-refractivity contribution >= 4 is 11.9 Å². The second-order valence-electron chi connectivity index (χ2n) is 4.49. The van der Waals surface area contributed by atoms with Crippen molar-refractivity contribution in [3.63, 3.8) is 0 Å². The lowest BCUT2D eigenvalue weighted by molar-refractivity contribution is 0.104. The third-order valence-corrected chi connectivity index (χ3v) is 3.19. The van der Waals surface area contributed by atoms with Gasteiger partial charge in [0, 0.05) is 0 Å². The highest BCUT2D eigenvalue weighted by Gasteiger charge is 2.07. The van der Waals surface area contributed by atoms with Gasteiger partial charge in [0.1, 0.15) is 5.75 Å². The molecule has 20 heavy (non-hydrogen) atoms. The molecule has 0 saturated heterocycles. The summed E-state index contributed by atoms with van der Waals surface area (Å²) < 4.78 is 5.19. The van der Waals surface area contributed by atoms with Crippen LogP contribution >= 0.6 is 0 Å². The Hall–Kier alpha value is -2.35. The molecule has 2 aromatic carbocycles. The number of benzene rings is 2. The number of ether oxygens (including phenoxy) is 1. The normalized spacial score (nSPS) is 10.7. The fraction of sp³-hybridized carbons (Fsp3) is 0.167. The molecule has 0 aliphatic carbocycles. The summed E-state index contributed by atoms with van der Waals surface area (Å²) in [5.74, 6) is 0.547. The zero-order chi connectivity index (χ0) is 14.4. The number of para-hydroxylation sites is 1. The maximum atomic E-state index is 12.2. The number of hydrogen-bond acceptors (Lipinski definition) is 2. The Kier molecular flexibility index (Phi) is 4.72. The van der Waals surface area contributed by atoms with Crippen molar-refractivity contribution in [1.82, 2.24) is 0 Å². The van der Waals surface area contributed by atoms with E-state index < -0.39 is 0 Å². The Balaban J connectivity index is 2.15. The lowest BCUT2D eigenvalue weighted by atomic mass is 10.1. The number of allylic oxidation sites excluding steroid dienone is 1. The van der Waals surface area contributed by atoms with Crippen LogP contribution in [0.5, 0.6) is 5.75 Å². The lowest BCUT2D eigenvalue weighted by Crippen LogP contribution is -1.98. The minimum Gasteiger partial charge on any atom is -0.496 e. The van der Waals surface area contributed by atoms with Crippen molar-refractivity contribution in [2.75, 3.05) is 7.11 Å². The number of aryl methyl sites for hydroxylation is 1. The van der Waals surface area contributed by atoms with Crippen molar-refractivity contribution in [2.45, 2.75) is 13.3 Å². The van der Waals surface area contributed by atoms with Crippen LogP contribution in [0, 0.1) is 0 Å². The first-order valence-electron chi connectivity index (χ1n) is 6.69. The Morgan fingerprint density at radius 3 is 2.45 bits per heavy atom. The molecule has 2 rings (SSSR count). The fourth-order valence-corrected chi connectivity index (χ4v) is 1.97. The Morgan fingerprint density at radius 2 is 1.80 bits per heavy atom. The van der Waals surface area contributed by atoms with Gasteiger partial charge in [-0.1, -0.05) is 49.4 Å². The predicted molar refractivity (Wildman–Crippen MR) is 82.2 cm³/mol. The minimum absolute atomic E-state index is 0.0537. The number of methoxy groups -OCH3 is 1. The molecule has 102 valence electrons. The zero-order valence-electron chi connectivity index (χ0n) is 11.8. The average Bonchev–Trinajstić information content (AvgIpc) is 2.53. The highest BCUT2D eigenvalue weighted by molar-refractivity contribution is 6.08. The molecule has 0 aromatic heterocycles. The van der Waals surface area contributed by atoms with E-state index in [0.29, 0.717) is 11.3 Å². The molecule has 0 radical (unpaired) electrons. The first-order chi connectivity index (χ1) is 9.74. The van der Waals surface area contributed by atoms with Crippen LogP contribution < -0.4 is 4.74 Å². The predicted octanol–water partition coefficient (Wildman–Crippen LogP) is 4.15. The lowest BCUT2D eigenvalue weighted by Gasteiger charge is -2.04. The van der Waals surface area contributed by atoms with E-state index in [1.807, 2.05) is 30.3 Å². The molecule has 0 fully saturated rings. The van der Waals surface area contributed by atoms with E-state index >= 15 is 0 Å². The molecule has 0 aliphatic rings. The summed E-state index contributed by atoms with van der Waals surface area (Å²) in [5.41, 5.74) is 2.89. The van der Waals surface area contributed by atoms with Gasteiger partial charge in [-0.05, 0) is 35.8 Å². The van der Waals surface area contributed by atoms with Gasteiger partial charge in [-0.2, -0.15) is 0 Å². The van der Waals surface area contributed by atoms with E-state index in [2.05, 4.69) is 19.1 Å². The maximum absolute atomic E-state index is 12.2. The Labute approximate surface area is 119 Å². The molecular formula is C18H18O2. The highest BCUT2D eigenvalue weighted by Crippen LogP contribution is 2.18. The second kappa shape index (κ2) is 6.71. The molecule has 0 N–H and O–H groups in total. The van der Waals surface area contributed by atoms with E-state index in [0.717, 1.165) is 12.0 Å². The van der Waals surface area contributed by atoms with Gasteiger partial charge >= 0.3 is 0 Å². The third-order valence-electron chi connectivity index (χ3n) is 3.19. The first kappa shape index (κ1) is 14.1. The van der Waals surface area contributed by atoms with Gasteiger partial charge in [-0.3, -0.25) is 4.79 Å². The van der Waals surface area contributed by atoms with Crippen LogP contribution in [0.3, 0.4) is 0 Å². The molecule has 0 saturated carbocycles. The maximum Gasteiger partial charge on any atom is 0.189 e. The molecule has 0 amide bonds. The number of carbonyl (C=O) groups is 1. The van der Waals surface area contributed by atoms with Gasteiger partial charge in [0.05, 0.1) is 12.7 Å². The second-order valence-corrected chi connectivity index (χ2v) is 4.49. The van der Waals surface area contributed by atoms with Gasteiger partial charge in [-0.15, -0.1) is 0 Å². The van der Waals surface area contributed by atoms with Crippen molar-refractivity contribution in [3.8, 4) is 5.75 Å². The Bertz CT molecular complexity index is 610. The van der Waals surface area contributed by atoms with Gasteiger partial charge in [-0.25, -0.2) is 0 Å². The average molecular weight is 266 g/mol. The van der Waals surface area contributed by atoms with E-state index in [1.165, 1.54) is 5.56 Å². The van der Waals surface area contributed by atoms with Gasteiger partial charge in [0.2, 0.25) is 0 Å². The SMILES string of the molecule is CCc1ccc(C=CC(=O)c2ccccc2OC)cc1. The standard InChI is InChI=1S/C18H18O2/c1-3-14-8-10-15(11-9-14)12-13-17(19)16-6-4-5-7-18(16)20-2/h4-13H,3H2,1-2H3. The van der Waals surface area contributed by atoms with E-state index in [1.54, 1.807) is 25.3 Å². The summed E-state index contributed by atoms with van der Waals surface area (Å²) in [6.45, 7) is 2.12.